The van der Waals surface area contributed by atoms with E-state index in [1.165, 1.54) is 0 Å². The summed E-state index contributed by atoms with van der Waals surface area (Å²) in [7, 11) is 1.00. The molecule has 0 aromatic carbocycles. The van der Waals surface area contributed by atoms with Crippen LogP contribution in [0.15, 0.2) is 0 Å². The van der Waals surface area contributed by atoms with Crippen LogP contribution in [0.2, 0.25) is 0 Å². The maximum atomic E-state index is 13.9. The number of alkyl halides is 1. The van der Waals surface area contributed by atoms with Crippen molar-refractivity contribution in [3.05, 3.63) is 0 Å². The highest BCUT2D eigenvalue weighted by atomic mass is 19.1. The first kappa shape index (κ1) is 10.6. The van der Waals surface area contributed by atoms with Crippen molar-refractivity contribution in [1.82, 2.24) is 4.90 Å². The van der Waals surface area contributed by atoms with E-state index in [0.717, 1.165) is 14.0 Å². The fraction of sp³-hybridized carbons (Fsp3) is 0.625. The molecule has 14 heavy (non-hydrogen) atoms. The molecule has 2 amide bonds. The van der Waals surface area contributed by atoms with Crippen LogP contribution in [0.5, 0.6) is 0 Å². The molecule has 1 rings (SSSR count). The SMILES string of the molecule is COC(=O)[C@]1(F)CCC(=O)N1C(C)=O. The molecule has 1 saturated heterocycles. The van der Waals surface area contributed by atoms with Gasteiger partial charge in [-0.1, -0.05) is 0 Å². The third kappa shape index (κ3) is 1.36. The van der Waals surface area contributed by atoms with Crippen molar-refractivity contribution < 1.29 is 23.5 Å². The van der Waals surface area contributed by atoms with E-state index in [0.29, 0.717) is 4.90 Å². The number of methoxy groups -OCH3 is 1. The van der Waals surface area contributed by atoms with E-state index >= 15 is 0 Å². The minimum absolute atomic E-state index is 0.162. The van der Waals surface area contributed by atoms with E-state index in [1.54, 1.807) is 0 Å². The Morgan fingerprint density at radius 1 is 1.57 bits per heavy atom. The zero-order chi connectivity index (χ0) is 10.9. The van der Waals surface area contributed by atoms with Crippen LogP contribution in [-0.4, -0.2) is 35.6 Å². The number of hydrogen-bond donors (Lipinski definition) is 0. The summed E-state index contributed by atoms with van der Waals surface area (Å²) in [6, 6.07) is 0. The van der Waals surface area contributed by atoms with Crippen LogP contribution in [-0.2, 0) is 19.1 Å². The van der Waals surface area contributed by atoms with Gasteiger partial charge >= 0.3 is 5.97 Å². The van der Waals surface area contributed by atoms with Gasteiger partial charge in [0, 0.05) is 19.8 Å². The smallest absolute Gasteiger partial charge is 0.365 e. The Balaban J connectivity index is 3.04. The molecule has 78 valence electrons. The fourth-order valence-electron chi connectivity index (χ4n) is 1.47. The first-order valence-electron chi connectivity index (χ1n) is 4.04. The van der Waals surface area contributed by atoms with Crippen molar-refractivity contribution in [2.75, 3.05) is 7.11 Å². The van der Waals surface area contributed by atoms with E-state index in [1.807, 2.05) is 0 Å². The molecule has 0 spiro atoms. The number of carbonyl (C=O) groups is 3. The van der Waals surface area contributed by atoms with Gasteiger partial charge < -0.3 is 4.74 Å². The lowest BCUT2D eigenvalue weighted by atomic mass is 10.2. The summed E-state index contributed by atoms with van der Waals surface area (Å²) in [5, 5.41) is 0. The minimum Gasteiger partial charge on any atom is -0.465 e. The average molecular weight is 203 g/mol. The molecule has 0 saturated carbocycles. The second kappa shape index (κ2) is 3.36. The Kier molecular flexibility index (Phi) is 2.55. The standard InChI is InChI=1S/C8H10FNO4/c1-5(11)10-6(12)3-4-8(10,9)7(13)14-2/h3-4H2,1-2H3/t8-/m0/s1. The maximum absolute atomic E-state index is 13.9. The quantitative estimate of drug-likeness (QED) is 0.444. The van der Waals surface area contributed by atoms with Gasteiger partial charge in [-0.25, -0.2) is 14.1 Å². The van der Waals surface area contributed by atoms with Crippen molar-refractivity contribution in [2.24, 2.45) is 0 Å². The number of ether oxygens (including phenoxy) is 1. The molecule has 0 radical (unpaired) electrons. The number of esters is 1. The lowest BCUT2D eigenvalue weighted by Crippen LogP contribution is -2.51. The molecule has 0 aliphatic carbocycles. The van der Waals surface area contributed by atoms with Crippen LogP contribution in [0, 0.1) is 0 Å². The summed E-state index contributed by atoms with van der Waals surface area (Å²) < 4.78 is 18.1. The summed E-state index contributed by atoms with van der Waals surface area (Å²) in [6.07, 6.45) is -0.497. The molecule has 1 aliphatic heterocycles. The van der Waals surface area contributed by atoms with Gasteiger partial charge in [0.15, 0.2) is 0 Å². The van der Waals surface area contributed by atoms with Crippen LogP contribution in [0.3, 0.4) is 0 Å². The van der Waals surface area contributed by atoms with Crippen molar-refractivity contribution in [2.45, 2.75) is 25.6 Å². The number of hydrogen-bond acceptors (Lipinski definition) is 4. The molecule has 1 atom stereocenters. The van der Waals surface area contributed by atoms with Gasteiger partial charge in [-0.2, -0.15) is 0 Å². The second-order valence-corrected chi connectivity index (χ2v) is 3.00. The topological polar surface area (TPSA) is 63.7 Å². The normalized spacial score (nSPS) is 26.5. The van der Waals surface area contributed by atoms with Gasteiger partial charge in [0.1, 0.15) is 0 Å². The highest BCUT2D eigenvalue weighted by molar-refractivity contribution is 6.02. The average Bonchev–Trinajstić information content (AvgIpc) is 2.42. The number of nitrogens with zero attached hydrogens (tertiary/aromatic N) is 1. The fourth-order valence-corrected chi connectivity index (χ4v) is 1.47. The lowest BCUT2D eigenvalue weighted by Gasteiger charge is -2.25. The van der Waals surface area contributed by atoms with E-state index in [2.05, 4.69) is 4.74 Å². The van der Waals surface area contributed by atoms with E-state index in [9.17, 15) is 18.8 Å². The Morgan fingerprint density at radius 2 is 2.14 bits per heavy atom. The molecule has 1 heterocycles. The van der Waals surface area contributed by atoms with Crippen molar-refractivity contribution in [1.29, 1.82) is 0 Å². The van der Waals surface area contributed by atoms with Crippen LogP contribution in [0.25, 0.3) is 0 Å². The largest absolute Gasteiger partial charge is 0.465 e. The number of likely N-dealkylation sites (tertiary alicyclic amines) is 1. The Morgan fingerprint density at radius 3 is 2.57 bits per heavy atom. The zero-order valence-corrected chi connectivity index (χ0v) is 7.87. The second-order valence-electron chi connectivity index (χ2n) is 3.00. The predicted molar refractivity (Wildman–Crippen MR) is 42.6 cm³/mol. The molecule has 1 aliphatic rings. The molecule has 6 heteroatoms. The minimum atomic E-state index is -2.61. The molecule has 1 fully saturated rings. The molecule has 0 unspecified atom stereocenters. The van der Waals surface area contributed by atoms with Crippen molar-refractivity contribution in [3.63, 3.8) is 0 Å². The molecule has 0 bridgehead atoms. The van der Waals surface area contributed by atoms with Gasteiger partial charge in [0.2, 0.25) is 11.8 Å². The van der Waals surface area contributed by atoms with Gasteiger partial charge in [-0.3, -0.25) is 9.59 Å². The Labute approximate surface area is 79.8 Å². The summed E-state index contributed by atoms with van der Waals surface area (Å²) in [6.45, 7) is 1.03. The van der Waals surface area contributed by atoms with E-state index in [-0.39, 0.29) is 12.8 Å². The third-order valence-corrected chi connectivity index (χ3v) is 2.09. The lowest BCUT2D eigenvalue weighted by molar-refractivity contribution is -0.175. The Hall–Kier alpha value is -1.46. The summed E-state index contributed by atoms with van der Waals surface area (Å²) in [5.41, 5.74) is 0. The van der Waals surface area contributed by atoms with Gasteiger partial charge in [0.05, 0.1) is 7.11 Å². The predicted octanol–water partition coefficient (Wildman–Crippen LogP) is -0.00590. The molecular weight excluding hydrogens is 193 g/mol. The number of halogens is 1. The van der Waals surface area contributed by atoms with Gasteiger partial charge in [-0.15, -0.1) is 0 Å². The highest BCUT2D eigenvalue weighted by Crippen LogP contribution is 2.32. The number of amides is 2. The summed E-state index contributed by atoms with van der Waals surface area (Å²) >= 11 is 0. The van der Waals surface area contributed by atoms with Crippen LogP contribution < -0.4 is 0 Å². The number of imide groups is 1. The number of carbonyl (C=O) groups excluding carboxylic acids is 3. The van der Waals surface area contributed by atoms with Gasteiger partial charge in [0.25, 0.3) is 5.79 Å². The summed E-state index contributed by atoms with van der Waals surface area (Å²) in [4.78, 5) is 33.4. The van der Waals surface area contributed by atoms with E-state index in [4.69, 9.17) is 0 Å². The molecular formula is C8H10FNO4. The van der Waals surface area contributed by atoms with Gasteiger partial charge in [-0.05, 0) is 0 Å². The highest BCUT2D eigenvalue weighted by Gasteiger charge is 2.55. The third-order valence-electron chi connectivity index (χ3n) is 2.09. The molecule has 5 nitrogen and oxygen atoms in total. The van der Waals surface area contributed by atoms with Crippen LogP contribution in [0.4, 0.5) is 4.39 Å². The van der Waals surface area contributed by atoms with Crippen molar-refractivity contribution >= 4 is 17.8 Å². The van der Waals surface area contributed by atoms with E-state index < -0.39 is 23.6 Å². The monoisotopic (exact) mass is 203 g/mol. The first-order valence-corrected chi connectivity index (χ1v) is 4.04. The summed E-state index contributed by atoms with van der Waals surface area (Å²) in [5.74, 6) is -5.30. The van der Waals surface area contributed by atoms with Crippen LogP contribution >= 0.6 is 0 Å². The molecule has 0 aromatic heterocycles. The first-order chi connectivity index (χ1) is 6.43. The van der Waals surface area contributed by atoms with Crippen LogP contribution in [0.1, 0.15) is 19.8 Å². The molecule has 0 N–H and O–H groups in total. The van der Waals surface area contributed by atoms with Crippen molar-refractivity contribution in [3.8, 4) is 0 Å². The maximum Gasteiger partial charge on any atom is 0.365 e. The number of rotatable bonds is 1. The molecule has 0 aromatic rings. The Bertz CT molecular complexity index is 304. The zero-order valence-electron chi connectivity index (χ0n) is 7.87.